The van der Waals surface area contributed by atoms with Crippen molar-refractivity contribution in [3.63, 3.8) is 0 Å². The molecule has 4 atom stereocenters. The minimum Gasteiger partial charge on any atom is -0.258 e. The predicted molar refractivity (Wildman–Crippen MR) is 70.1 cm³/mol. The van der Waals surface area contributed by atoms with Crippen LogP contribution >= 0.6 is 0 Å². The fourth-order valence-electron chi connectivity index (χ4n) is 3.39. The van der Waals surface area contributed by atoms with Gasteiger partial charge in [-0.15, -0.1) is 0 Å². The molecule has 2 nitrogen and oxygen atoms in total. The lowest BCUT2D eigenvalue weighted by atomic mass is 9.76. The second-order valence-electron chi connectivity index (χ2n) is 5.65. The van der Waals surface area contributed by atoms with Crippen molar-refractivity contribution in [3.8, 4) is 0 Å². The molecule has 1 aliphatic carbocycles. The Bertz CT molecular complexity index is 309. The summed E-state index contributed by atoms with van der Waals surface area (Å²) >= 11 is 0. The van der Waals surface area contributed by atoms with Crippen LogP contribution in [0.4, 0.5) is 0 Å². The molecule has 1 aliphatic heterocycles. The lowest BCUT2D eigenvalue weighted by molar-refractivity contribution is 0.221. The molecular formula is C12H22O2S2. The molecule has 1 spiro atoms. The van der Waals surface area contributed by atoms with Gasteiger partial charge in [-0.2, -0.15) is 0 Å². The molecular weight excluding hydrogens is 240 g/mol. The Kier molecular flexibility index (Phi) is 3.60. The van der Waals surface area contributed by atoms with Crippen molar-refractivity contribution >= 4 is 21.6 Å². The summed E-state index contributed by atoms with van der Waals surface area (Å²) in [5.41, 5.74) is 0. The highest BCUT2D eigenvalue weighted by Crippen LogP contribution is 2.49. The summed E-state index contributed by atoms with van der Waals surface area (Å²) in [7, 11) is -1.74. The molecule has 1 saturated heterocycles. The molecule has 0 aromatic carbocycles. The van der Waals surface area contributed by atoms with Gasteiger partial charge in [0.05, 0.1) is 0 Å². The normalized spacial score (nSPS) is 49.0. The molecule has 1 heterocycles. The van der Waals surface area contributed by atoms with E-state index < -0.39 is 21.6 Å². The zero-order valence-electron chi connectivity index (χ0n) is 10.4. The molecule has 2 fully saturated rings. The summed E-state index contributed by atoms with van der Waals surface area (Å²) in [5.74, 6) is 2.79. The number of rotatable bonds is 1. The maximum absolute atomic E-state index is 12.3. The average molecular weight is 262 g/mol. The summed E-state index contributed by atoms with van der Waals surface area (Å²) in [6.07, 6.45) is 3.23. The maximum atomic E-state index is 12.3. The van der Waals surface area contributed by atoms with Crippen molar-refractivity contribution in [1.29, 1.82) is 0 Å². The highest BCUT2D eigenvalue weighted by molar-refractivity contribution is 8.07. The summed E-state index contributed by atoms with van der Waals surface area (Å²) in [6.45, 7) is 6.59. The maximum Gasteiger partial charge on any atom is 0.124 e. The summed E-state index contributed by atoms with van der Waals surface area (Å²) in [6, 6.07) is 0. The van der Waals surface area contributed by atoms with Gasteiger partial charge in [0.15, 0.2) is 0 Å². The topological polar surface area (TPSA) is 34.1 Å². The second-order valence-corrected chi connectivity index (χ2v) is 9.56. The minimum absolute atomic E-state index is 0.355. The molecule has 0 aromatic heterocycles. The molecule has 0 N–H and O–H groups in total. The van der Waals surface area contributed by atoms with E-state index >= 15 is 0 Å². The molecule has 0 radical (unpaired) electrons. The third-order valence-corrected chi connectivity index (χ3v) is 9.20. The molecule has 0 bridgehead atoms. The van der Waals surface area contributed by atoms with Crippen molar-refractivity contribution in [2.45, 2.75) is 44.1 Å². The molecule has 94 valence electrons. The van der Waals surface area contributed by atoms with E-state index in [1.165, 1.54) is 6.42 Å². The Hall–Kier alpha value is 0.300. The van der Waals surface area contributed by atoms with Crippen LogP contribution in [-0.2, 0) is 21.6 Å². The van der Waals surface area contributed by atoms with Gasteiger partial charge in [0.25, 0.3) is 0 Å². The van der Waals surface area contributed by atoms with E-state index in [2.05, 4.69) is 20.8 Å². The average Bonchev–Trinajstić information content (AvgIpc) is 2.47. The molecule has 2 aliphatic rings. The molecule has 1 saturated carbocycles. The van der Waals surface area contributed by atoms with Crippen LogP contribution in [0.1, 0.15) is 40.0 Å². The summed E-state index contributed by atoms with van der Waals surface area (Å²) in [4.78, 5) is 0. The van der Waals surface area contributed by atoms with Crippen LogP contribution in [0.25, 0.3) is 0 Å². The molecule has 4 heteroatoms. The van der Waals surface area contributed by atoms with Gasteiger partial charge in [0.1, 0.15) is 4.08 Å². The van der Waals surface area contributed by atoms with E-state index in [0.29, 0.717) is 29.3 Å². The van der Waals surface area contributed by atoms with Gasteiger partial charge in [0.2, 0.25) is 0 Å². The van der Waals surface area contributed by atoms with Crippen molar-refractivity contribution in [1.82, 2.24) is 0 Å². The minimum atomic E-state index is -0.869. The first kappa shape index (κ1) is 12.7. The van der Waals surface area contributed by atoms with Crippen LogP contribution in [0.2, 0.25) is 0 Å². The SMILES string of the molecule is CC1CCC(C(C)C)C2(C1)S(=O)CCS2=O. The Labute approximate surface area is 103 Å². The van der Waals surface area contributed by atoms with Gasteiger partial charge in [-0.1, -0.05) is 27.2 Å². The smallest absolute Gasteiger partial charge is 0.124 e. The van der Waals surface area contributed by atoms with Crippen LogP contribution in [-0.4, -0.2) is 24.0 Å². The van der Waals surface area contributed by atoms with E-state index in [0.717, 1.165) is 12.8 Å². The highest BCUT2D eigenvalue weighted by Gasteiger charge is 2.55. The lowest BCUT2D eigenvalue weighted by Gasteiger charge is -2.43. The Morgan fingerprint density at radius 1 is 1.12 bits per heavy atom. The monoisotopic (exact) mass is 262 g/mol. The quantitative estimate of drug-likeness (QED) is 0.726. The van der Waals surface area contributed by atoms with Crippen LogP contribution in [0.3, 0.4) is 0 Å². The van der Waals surface area contributed by atoms with Crippen LogP contribution < -0.4 is 0 Å². The van der Waals surface area contributed by atoms with Gasteiger partial charge >= 0.3 is 0 Å². The predicted octanol–water partition coefficient (Wildman–Crippen LogP) is 2.29. The first-order valence-corrected chi connectivity index (χ1v) is 8.89. The Morgan fingerprint density at radius 2 is 1.69 bits per heavy atom. The van der Waals surface area contributed by atoms with Gasteiger partial charge in [-0.05, 0) is 30.6 Å². The van der Waals surface area contributed by atoms with Gasteiger partial charge in [-0.3, -0.25) is 8.42 Å². The number of hydrogen-bond acceptors (Lipinski definition) is 2. The van der Waals surface area contributed by atoms with E-state index in [-0.39, 0.29) is 4.08 Å². The van der Waals surface area contributed by atoms with E-state index in [1.54, 1.807) is 0 Å². The second kappa shape index (κ2) is 4.52. The van der Waals surface area contributed by atoms with Crippen molar-refractivity contribution in [3.05, 3.63) is 0 Å². The van der Waals surface area contributed by atoms with Crippen molar-refractivity contribution in [2.75, 3.05) is 11.5 Å². The lowest BCUT2D eigenvalue weighted by Crippen LogP contribution is -2.49. The van der Waals surface area contributed by atoms with Crippen molar-refractivity contribution < 1.29 is 8.42 Å². The van der Waals surface area contributed by atoms with Gasteiger partial charge in [0, 0.05) is 33.1 Å². The molecule has 0 amide bonds. The van der Waals surface area contributed by atoms with Crippen LogP contribution in [0, 0.1) is 17.8 Å². The fourth-order valence-corrected chi connectivity index (χ4v) is 9.02. The Balaban J connectivity index is 2.38. The zero-order chi connectivity index (χ0) is 11.9. The van der Waals surface area contributed by atoms with Crippen LogP contribution in [0.5, 0.6) is 0 Å². The first-order chi connectivity index (χ1) is 7.48. The Morgan fingerprint density at radius 3 is 2.19 bits per heavy atom. The third kappa shape index (κ3) is 1.82. The first-order valence-electron chi connectivity index (χ1n) is 6.25. The fraction of sp³-hybridized carbons (Fsp3) is 1.00. The molecule has 0 aromatic rings. The largest absolute Gasteiger partial charge is 0.258 e. The van der Waals surface area contributed by atoms with E-state index in [1.807, 2.05) is 0 Å². The van der Waals surface area contributed by atoms with Crippen LogP contribution in [0.15, 0.2) is 0 Å². The van der Waals surface area contributed by atoms with E-state index in [4.69, 9.17) is 0 Å². The third-order valence-electron chi connectivity index (χ3n) is 4.20. The molecule has 4 unspecified atom stereocenters. The highest BCUT2D eigenvalue weighted by atomic mass is 32.3. The van der Waals surface area contributed by atoms with E-state index in [9.17, 15) is 8.42 Å². The van der Waals surface area contributed by atoms with Gasteiger partial charge < -0.3 is 0 Å². The molecule has 2 rings (SSSR count). The van der Waals surface area contributed by atoms with Gasteiger partial charge in [-0.25, -0.2) is 0 Å². The zero-order valence-corrected chi connectivity index (χ0v) is 12.0. The summed E-state index contributed by atoms with van der Waals surface area (Å²) < 4.78 is 24.3. The number of hydrogen-bond donors (Lipinski definition) is 0. The van der Waals surface area contributed by atoms with Crippen molar-refractivity contribution in [2.24, 2.45) is 17.8 Å². The molecule has 16 heavy (non-hydrogen) atoms. The standard InChI is InChI=1S/C12H22O2S2/c1-9(2)11-5-4-10(3)8-12(11)15(13)6-7-16(12)14/h9-11H,4-8H2,1-3H3. The summed E-state index contributed by atoms with van der Waals surface area (Å²) in [5, 5.41) is 0.